The highest BCUT2D eigenvalue weighted by Crippen LogP contribution is 2.32. The van der Waals surface area contributed by atoms with Crippen molar-refractivity contribution in [2.75, 3.05) is 13.1 Å². The number of likely N-dealkylation sites (tertiary alicyclic amines) is 1. The number of piperidine rings is 1. The quantitative estimate of drug-likeness (QED) is 0.585. The number of hydrogen-bond donors (Lipinski definition) is 3. The topological polar surface area (TPSA) is 107 Å². The third-order valence-corrected chi connectivity index (χ3v) is 6.87. The van der Waals surface area contributed by atoms with Gasteiger partial charge in [-0.3, -0.25) is 10.2 Å². The van der Waals surface area contributed by atoms with Gasteiger partial charge in [-0.25, -0.2) is 9.78 Å². The van der Waals surface area contributed by atoms with Crippen molar-refractivity contribution in [1.29, 1.82) is 0 Å². The maximum absolute atomic E-state index is 13.0. The lowest BCUT2D eigenvalue weighted by Crippen LogP contribution is -2.56. The van der Waals surface area contributed by atoms with Gasteiger partial charge in [0, 0.05) is 43.1 Å². The number of carbonyl (C=O) groups is 1. The summed E-state index contributed by atoms with van der Waals surface area (Å²) < 4.78 is 2.14. The van der Waals surface area contributed by atoms with E-state index >= 15 is 0 Å². The number of H-pyrrole nitrogens is 1. The number of nitrogens with zero attached hydrogens (tertiary/aromatic N) is 4. The molecule has 0 saturated carbocycles. The van der Waals surface area contributed by atoms with Gasteiger partial charge in [-0.1, -0.05) is 18.7 Å². The maximum atomic E-state index is 13.0. The first-order chi connectivity index (χ1) is 14.5. The van der Waals surface area contributed by atoms with E-state index in [4.69, 9.17) is 0 Å². The maximum Gasteiger partial charge on any atom is 0.319 e. The molecule has 5 heterocycles. The van der Waals surface area contributed by atoms with Crippen molar-refractivity contribution >= 4 is 45.3 Å². The SMILES string of the molecule is CC1CCN(C(=O)NC2(C)NN=CS2)CC1n1ccc(=O)c2cnc3[nH]ccc3c21. The summed E-state index contributed by atoms with van der Waals surface area (Å²) in [4.78, 5) is 34.2. The zero-order valence-electron chi connectivity index (χ0n) is 16.8. The van der Waals surface area contributed by atoms with E-state index < -0.39 is 4.99 Å². The summed E-state index contributed by atoms with van der Waals surface area (Å²) in [6, 6.07) is 3.45. The molecule has 156 valence electrons. The Morgan fingerprint density at radius 1 is 1.37 bits per heavy atom. The van der Waals surface area contributed by atoms with Crippen molar-refractivity contribution in [3.05, 3.63) is 40.9 Å². The number of pyridine rings is 2. The third-order valence-electron chi connectivity index (χ3n) is 6.00. The number of rotatable bonds is 2. The summed E-state index contributed by atoms with van der Waals surface area (Å²) in [7, 11) is 0. The number of amides is 2. The van der Waals surface area contributed by atoms with Gasteiger partial charge in [-0.05, 0) is 25.3 Å². The van der Waals surface area contributed by atoms with Crippen molar-refractivity contribution in [2.24, 2.45) is 11.0 Å². The Morgan fingerprint density at radius 2 is 2.23 bits per heavy atom. The Hall–Kier alpha value is -3.01. The molecule has 2 amide bonds. The molecule has 2 aliphatic heterocycles. The van der Waals surface area contributed by atoms with E-state index in [9.17, 15) is 9.59 Å². The molecule has 3 aromatic heterocycles. The molecule has 1 saturated heterocycles. The van der Waals surface area contributed by atoms with Gasteiger partial charge in [-0.15, -0.1) is 0 Å². The largest absolute Gasteiger partial charge is 0.346 e. The van der Waals surface area contributed by atoms with Crippen LogP contribution in [0.1, 0.15) is 26.3 Å². The molecular weight excluding hydrogens is 402 g/mol. The van der Waals surface area contributed by atoms with E-state index in [0.29, 0.717) is 24.4 Å². The van der Waals surface area contributed by atoms with Gasteiger partial charge in [0.1, 0.15) is 5.65 Å². The van der Waals surface area contributed by atoms with Crippen LogP contribution in [0.5, 0.6) is 0 Å². The molecule has 0 radical (unpaired) electrons. The summed E-state index contributed by atoms with van der Waals surface area (Å²) in [5.74, 6) is 0.347. The van der Waals surface area contributed by atoms with Crippen LogP contribution in [0.25, 0.3) is 21.9 Å². The molecule has 0 bridgehead atoms. The van der Waals surface area contributed by atoms with E-state index in [0.717, 1.165) is 23.0 Å². The first kappa shape index (κ1) is 19.0. The van der Waals surface area contributed by atoms with Gasteiger partial charge in [-0.2, -0.15) is 5.10 Å². The van der Waals surface area contributed by atoms with Gasteiger partial charge in [0.25, 0.3) is 0 Å². The van der Waals surface area contributed by atoms with Crippen LogP contribution >= 0.6 is 11.8 Å². The number of carbonyl (C=O) groups excluding carboxylic acids is 1. The predicted molar refractivity (Wildman–Crippen MR) is 118 cm³/mol. The summed E-state index contributed by atoms with van der Waals surface area (Å²) >= 11 is 1.43. The fourth-order valence-electron chi connectivity index (χ4n) is 4.28. The van der Waals surface area contributed by atoms with Gasteiger partial charge in [0.15, 0.2) is 10.4 Å². The van der Waals surface area contributed by atoms with Crippen molar-refractivity contribution in [1.82, 2.24) is 30.2 Å². The summed E-state index contributed by atoms with van der Waals surface area (Å²) in [5.41, 5.74) is 6.17. The Kier molecular flexibility index (Phi) is 4.46. The third kappa shape index (κ3) is 3.11. The lowest BCUT2D eigenvalue weighted by Gasteiger charge is -2.40. The highest BCUT2D eigenvalue weighted by molar-refractivity contribution is 8.13. The molecular formula is C20H23N7O2S. The molecule has 0 aliphatic carbocycles. The standard InChI is InChI=1S/C20H23N7O2S/c1-12-4-7-26(19(29)24-20(2)25-23-11-30-20)10-15(12)27-8-5-16(28)14-9-22-18-13(17(14)27)3-6-21-18/h3,5-6,8-9,11-12,15,25H,4,7,10H2,1-2H3,(H,21,22)(H,24,29). The predicted octanol–water partition coefficient (Wildman–Crippen LogP) is 2.42. The summed E-state index contributed by atoms with van der Waals surface area (Å²) in [6.45, 7) is 5.32. The van der Waals surface area contributed by atoms with E-state index in [-0.39, 0.29) is 17.5 Å². The van der Waals surface area contributed by atoms with Gasteiger partial charge < -0.3 is 19.8 Å². The molecule has 3 N–H and O–H groups in total. The van der Waals surface area contributed by atoms with Crippen LogP contribution in [0.2, 0.25) is 0 Å². The van der Waals surface area contributed by atoms with Gasteiger partial charge in [0.2, 0.25) is 0 Å². The first-order valence-corrected chi connectivity index (χ1v) is 10.8. The number of thioether (sulfide) groups is 1. The van der Waals surface area contributed by atoms with Crippen LogP contribution in [0, 0.1) is 5.92 Å². The molecule has 9 nitrogen and oxygen atoms in total. The number of aromatic amines is 1. The second-order valence-corrected chi connectivity index (χ2v) is 9.32. The molecule has 3 atom stereocenters. The van der Waals surface area contributed by atoms with Gasteiger partial charge >= 0.3 is 6.03 Å². The van der Waals surface area contributed by atoms with E-state index in [1.54, 1.807) is 17.8 Å². The minimum Gasteiger partial charge on any atom is -0.346 e. The lowest BCUT2D eigenvalue weighted by molar-refractivity contribution is 0.137. The summed E-state index contributed by atoms with van der Waals surface area (Å²) in [6.07, 6.45) is 6.19. The minimum absolute atomic E-state index is 0.0429. The fourth-order valence-corrected chi connectivity index (χ4v) is 4.85. The highest BCUT2D eigenvalue weighted by atomic mass is 32.2. The number of fused-ring (bicyclic) bond motifs is 3. The number of urea groups is 1. The highest BCUT2D eigenvalue weighted by Gasteiger charge is 2.35. The van der Waals surface area contributed by atoms with Crippen LogP contribution in [0.3, 0.4) is 0 Å². The monoisotopic (exact) mass is 425 g/mol. The zero-order valence-corrected chi connectivity index (χ0v) is 17.6. The van der Waals surface area contributed by atoms with Gasteiger partial charge in [0.05, 0.1) is 22.5 Å². The van der Waals surface area contributed by atoms with Crippen LogP contribution in [0.15, 0.2) is 40.6 Å². The molecule has 10 heteroatoms. The number of aromatic nitrogens is 3. The van der Waals surface area contributed by atoms with Crippen molar-refractivity contribution < 1.29 is 4.79 Å². The minimum atomic E-state index is -0.636. The van der Waals surface area contributed by atoms with Crippen molar-refractivity contribution in [3.8, 4) is 0 Å². The van der Waals surface area contributed by atoms with E-state index in [1.807, 2.05) is 30.3 Å². The zero-order chi connectivity index (χ0) is 20.9. The molecule has 2 aliphatic rings. The van der Waals surface area contributed by atoms with Crippen LogP contribution in [-0.2, 0) is 0 Å². The smallest absolute Gasteiger partial charge is 0.319 e. The first-order valence-electron chi connectivity index (χ1n) is 9.96. The van der Waals surface area contributed by atoms with E-state index in [2.05, 4.69) is 37.3 Å². The van der Waals surface area contributed by atoms with E-state index in [1.165, 1.54) is 11.8 Å². The average Bonchev–Trinajstić information content (AvgIpc) is 3.38. The second-order valence-electron chi connectivity index (χ2n) is 8.05. The molecule has 3 aromatic rings. The number of nitrogens with one attached hydrogen (secondary N) is 3. The molecule has 30 heavy (non-hydrogen) atoms. The molecule has 3 unspecified atom stereocenters. The van der Waals surface area contributed by atoms with Crippen LogP contribution in [0.4, 0.5) is 4.79 Å². The molecule has 0 spiro atoms. The Balaban J connectivity index is 1.51. The Bertz CT molecular complexity index is 1210. The average molecular weight is 426 g/mol. The number of hydrazone groups is 1. The Morgan fingerprint density at radius 3 is 3.03 bits per heavy atom. The fraction of sp³-hybridized carbons (Fsp3) is 0.400. The molecule has 1 fully saturated rings. The normalized spacial score (nSPS) is 26.3. The van der Waals surface area contributed by atoms with Crippen molar-refractivity contribution in [3.63, 3.8) is 0 Å². The molecule has 5 rings (SSSR count). The van der Waals surface area contributed by atoms with Crippen LogP contribution < -0.4 is 16.2 Å². The number of hydrogen-bond acceptors (Lipinski definition) is 6. The Labute approximate surface area is 176 Å². The van der Waals surface area contributed by atoms with Crippen LogP contribution in [-0.4, -0.2) is 49.1 Å². The molecule has 0 aromatic carbocycles. The summed E-state index contributed by atoms with van der Waals surface area (Å²) in [5, 5.41) is 8.52. The second kappa shape index (κ2) is 7.05. The lowest BCUT2D eigenvalue weighted by atomic mass is 9.92. The van der Waals surface area contributed by atoms with Crippen molar-refractivity contribution in [2.45, 2.75) is 31.3 Å².